The van der Waals surface area contributed by atoms with E-state index in [4.69, 9.17) is 0 Å². The third kappa shape index (κ3) is 3.16. The first-order valence-electron chi connectivity index (χ1n) is 8.35. The smallest absolute Gasteiger partial charge is 0.0454 e. The fourth-order valence-electron chi connectivity index (χ4n) is 3.35. The van der Waals surface area contributed by atoms with E-state index >= 15 is 0 Å². The zero-order valence-electron chi connectivity index (χ0n) is 13.6. The highest BCUT2D eigenvalue weighted by Crippen LogP contribution is 2.25. The number of hydrogen-bond donors (Lipinski definition) is 1. The lowest BCUT2D eigenvalue weighted by molar-refractivity contribution is 0.148. The van der Waals surface area contributed by atoms with E-state index in [0.29, 0.717) is 0 Å². The molecule has 1 saturated heterocycles. The van der Waals surface area contributed by atoms with Crippen LogP contribution in [-0.2, 0) is 6.54 Å². The summed E-state index contributed by atoms with van der Waals surface area (Å²) >= 11 is 0. The molecule has 0 atom stereocenters. The van der Waals surface area contributed by atoms with Gasteiger partial charge in [-0.05, 0) is 53.4 Å². The fraction of sp³-hybridized carbons (Fsp3) is 0.300. The first kappa shape index (κ1) is 14.5. The van der Waals surface area contributed by atoms with Crippen molar-refractivity contribution in [2.45, 2.75) is 6.54 Å². The highest BCUT2D eigenvalue weighted by atomic mass is 15.2. The Morgan fingerprint density at radius 1 is 0.913 bits per heavy atom. The summed E-state index contributed by atoms with van der Waals surface area (Å²) in [6.07, 6.45) is 2.00. The number of aromatic nitrogens is 1. The minimum Gasteiger partial charge on any atom is -0.361 e. The zero-order valence-corrected chi connectivity index (χ0v) is 13.6. The molecule has 3 aromatic rings. The summed E-state index contributed by atoms with van der Waals surface area (Å²) < 4.78 is 0. The standard InChI is InChI=1S/C20H23N3/c1-22-9-11-23(12-10-22)15-16-3-2-4-17(13-16)18-5-6-20-19(14-18)7-8-21-20/h2-8,13-14,21H,9-12,15H2,1H3. The Bertz CT molecular complexity index is 797. The first-order chi connectivity index (χ1) is 11.3. The van der Waals surface area contributed by atoms with Crippen LogP contribution < -0.4 is 0 Å². The van der Waals surface area contributed by atoms with Gasteiger partial charge < -0.3 is 9.88 Å². The molecular weight excluding hydrogens is 282 g/mol. The normalized spacial score (nSPS) is 16.9. The van der Waals surface area contributed by atoms with E-state index in [1.165, 1.54) is 40.7 Å². The average Bonchev–Trinajstić information content (AvgIpc) is 3.05. The Morgan fingerprint density at radius 3 is 2.61 bits per heavy atom. The van der Waals surface area contributed by atoms with Crippen LogP contribution in [0.3, 0.4) is 0 Å². The van der Waals surface area contributed by atoms with Crippen molar-refractivity contribution < 1.29 is 0 Å². The number of hydrogen-bond acceptors (Lipinski definition) is 2. The lowest BCUT2D eigenvalue weighted by Crippen LogP contribution is -2.43. The Balaban J connectivity index is 1.55. The highest BCUT2D eigenvalue weighted by molar-refractivity contribution is 5.85. The summed E-state index contributed by atoms with van der Waals surface area (Å²) in [5, 5.41) is 1.27. The molecule has 23 heavy (non-hydrogen) atoms. The molecule has 2 heterocycles. The van der Waals surface area contributed by atoms with E-state index < -0.39 is 0 Å². The molecule has 1 aromatic heterocycles. The van der Waals surface area contributed by atoms with E-state index in [0.717, 1.165) is 19.6 Å². The van der Waals surface area contributed by atoms with Crippen LogP contribution in [0.1, 0.15) is 5.56 Å². The summed E-state index contributed by atoms with van der Waals surface area (Å²) in [5.41, 5.74) is 5.20. The molecule has 3 heteroatoms. The van der Waals surface area contributed by atoms with Crippen molar-refractivity contribution in [3.8, 4) is 11.1 Å². The predicted molar refractivity (Wildman–Crippen MR) is 96.5 cm³/mol. The van der Waals surface area contributed by atoms with Gasteiger partial charge in [0.25, 0.3) is 0 Å². The molecule has 3 nitrogen and oxygen atoms in total. The van der Waals surface area contributed by atoms with Crippen molar-refractivity contribution >= 4 is 10.9 Å². The van der Waals surface area contributed by atoms with E-state index in [-0.39, 0.29) is 0 Å². The maximum Gasteiger partial charge on any atom is 0.0454 e. The minimum atomic E-state index is 1.05. The van der Waals surface area contributed by atoms with Gasteiger partial charge in [-0.3, -0.25) is 4.90 Å². The van der Waals surface area contributed by atoms with Gasteiger partial charge in [-0.2, -0.15) is 0 Å². The van der Waals surface area contributed by atoms with Crippen LogP contribution in [0.2, 0.25) is 0 Å². The Morgan fingerprint density at radius 2 is 1.74 bits per heavy atom. The highest BCUT2D eigenvalue weighted by Gasteiger charge is 2.14. The number of H-pyrrole nitrogens is 1. The molecule has 0 amide bonds. The molecule has 1 aliphatic heterocycles. The number of nitrogens with zero attached hydrogens (tertiary/aromatic N) is 2. The second-order valence-corrected chi connectivity index (χ2v) is 6.56. The molecule has 118 valence electrons. The molecule has 0 saturated carbocycles. The summed E-state index contributed by atoms with van der Waals surface area (Å²) in [4.78, 5) is 8.21. The van der Waals surface area contributed by atoms with Gasteiger partial charge in [0.1, 0.15) is 0 Å². The molecule has 1 fully saturated rings. The number of fused-ring (bicyclic) bond motifs is 1. The van der Waals surface area contributed by atoms with Crippen LogP contribution in [0.4, 0.5) is 0 Å². The number of nitrogens with one attached hydrogen (secondary N) is 1. The number of rotatable bonds is 3. The summed E-state index contributed by atoms with van der Waals surface area (Å²) in [7, 11) is 2.20. The van der Waals surface area contributed by atoms with Crippen LogP contribution in [0.5, 0.6) is 0 Å². The van der Waals surface area contributed by atoms with Gasteiger partial charge in [-0.15, -0.1) is 0 Å². The Kier molecular flexibility index (Phi) is 3.90. The Labute approximate surface area is 137 Å². The third-order valence-corrected chi connectivity index (χ3v) is 4.82. The van der Waals surface area contributed by atoms with E-state index in [1.54, 1.807) is 0 Å². The van der Waals surface area contributed by atoms with Crippen LogP contribution in [0, 0.1) is 0 Å². The molecule has 1 aliphatic rings. The zero-order chi connectivity index (χ0) is 15.6. The van der Waals surface area contributed by atoms with Crippen LogP contribution in [0.25, 0.3) is 22.0 Å². The number of aromatic amines is 1. The lowest BCUT2D eigenvalue weighted by Gasteiger charge is -2.32. The molecule has 0 aliphatic carbocycles. The van der Waals surface area contributed by atoms with E-state index in [2.05, 4.69) is 70.4 Å². The van der Waals surface area contributed by atoms with Gasteiger partial charge in [-0.1, -0.05) is 24.3 Å². The van der Waals surface area contributed by atoms with Gasteiger partial charge >= 0.3 is 0 Å². The van der Waals surface area contributed by atoms with Gasteiger partial charge in [-0.25, -0.2) is 0 Å². The first-order valence-corrected chi connectivity index (χ1v) is 8.35. The van der Waals surface area contributed by atoms with Gasteiger partial charge in [0.15, 0.2) is 0 Å². The SMILES string of the molecule is CN1CCN(Cc2cccc(-c3ccc4[nH]ccc4c3)c2)CC1. The van der Waals surface area contributed by atoms with E-state index in [9.17, 15) is 0 Å². The maximum atomic E-state index is 3.26. The molecular formula is C20H23N3. The maximum absolute atomic E-state index is 3.26. The summed E-state index contributed by atoms with van der Waals surface area (Å²) in [6, 6.07) is 17.7. The monoisotopic (exact) mass is 305 g/mol. The number of likely N-dealkylation sites (N-methyl/N-ethyl adjacent to an activating group) is 1. The van der Waals surface area contributed by atoms with Gasteiger partial charge in [0, 0.05) is 44.4 Å². The fourth-order valence-corrected chi connectivity index (χ4v) is 3.35. The van der Waals surface area contributed by atoms with Crippen molar-refractivity contribution in [3.05, 3.63) is 60.3 Å². The minimum absolute atomic E-state index is 1.05. The van der Waals surface area contributed by atoms with Crippen LogP contribution >= 0.6 is 0 Å². The van der Waals surface area contributed by atoms with Crippen molar-refractivity contribution in [1.82, 2.24) is 14.8 Å². The topological polar surface area (TPSA) is 22.3 Å². The summed E-state index contributed by atoms with van der Waals surface area (Å²) in [5.74, 6) is 0. The number of benzene rings is 2. The molecule has 4 rings (SSSR count). The summed E-state index contributed by atoms with van der Waals surface area (Å²) in [6.45, 7) is 5.72. The quantitative estimate of drug-likeness (QED) is 0.799. The lowest BCUT2D eigenvalue weighted by atomic mass is 10.0. The van der Waals surface area contributed by atoms with Crippen molar-refractivity contribution in [2.75, 3.05) is 33.2 Å². The van der Waals surface area contributed by atoms with Crippen LogP contribution in [0.15, 0.2) is 54.7 Å². The van der Waals surface area contributed by atoms with E-state index in [1.807, 2.05) is 6.20 Å². The third-order valence-electron chi connectivity index (χ3n) is 4.82. The largest absolute Gasteiger partial charge is 0.361 e. The van der Waals surface area contributed by atoms with Gasteiger partial charge in [0.2, 0.25) is 0 Å². The Hall–Kier alpha value is -2.10. The predicted octanol–water partition coefficient (Wildman–Crippen LogP) is 3.58. The van der Waals surface area contributed by atoms with Crippen molar-refractivity contribution in [1.29, 1.82) is 0 Å². The molecule has 1 N–H and O–H groups in total. The molecule has 2 aromatic carbocycles. The second-order valence-electron chi connectivity index (χ2n) is 6.56. The second kappa shape index (κ2) is 6.19. The average molecular weight is 305 g/mol. The number of piperazine rings is 1. The molecule has 0 spiro atoms. The van der Waals surface area contributed by atoms with Crippen LogP contribution in [-0.4, -0.2) is 48.0 Å². The van der Waals surface area contributed by atoms with Crippen molar-refractivity contribution in [3.63, 3.8) is 0 Å². The molecule has 0 radical (unpaired) electrons. The molecule has 0 unspecified atom stereocenters. The molecule has 0 bridgehead atoms. The van der Waals surface area contributed by atoms with Crippen molar-refractivity contribution in [2.24, 2.45) is 0 Å². The van der Waals surface area contributed by atoms with Gasteiger partial charge in [0.05, 0.1) is 0 Å².